The van der Waals surface area contributed by atoms with Crippen LogP contribution in [0, 0.1) is 0 Å². The van der Waals surface area contributed by atoms with Gasteiger partial charge in [-0.15, -0.1) is 11.8 Å². The van der Waals surface area contributed by atoms with E-state index in [1.807, 2.05) is 0 Å². The minimum Gasteiger partial charge on any atom is -0.324 e. The number of nitrogens with two attached hydrogens (primary N) is 1. The maximum Gasteiger partial charge on any atom is 0.0347 e. The lowest BCUT2D eigenvalue weighted by Crippen LogP contribution is -2.23. The van der Waals surface area contributed by atoms with E-state index in [9.17, 15) is 0 Å². The van der Waals surface area contributed by atoms with Gasteiger partial charge in [0.15, 0.2) is 0 Å². The molecule has 0 fully saturated rings. The molecule has 1 aliphatic carbocycles. The van der Waals surface area contributed by atoms with Crippen molar-refractivity contribution in [1.29, 1.82) is 0 Å². The van der Waals surface area contributed by atoms with Gasteiger partial charge in [0, 0.05) is 23.0 Å². The Morgan fingerprint density at radius 1 is 1.10 bits per heavy atom. The van der Waals surface area contributed by atoms with E-state index in [-0.39, 0.29) is 6.04 Å². The van der Waals surface area contributed by atoms with E-state index in [0.717, 1.165) is 6.42 Å². The Morgan fingerprint density at radius 3 is 2.43 bits per heavy atom. The molecule has 0 spiro atoms. The summed E-state index contributed by atoms with van der Waals surface area (Å²) >= 11 is 1.78. The molecule has 0 amide bonds. The van der Waals surface area contributed by atoms with Gasteiger partial charge in [0.2, 0.25) is 0 Å². The van der Waals surface area contributed by atoms with Crippen molar-refractivity contribution >= 4 is 11.8 Å². The first-order valence-corrected chi connectivity index (χ1v) is 8.66. The molecule has 0 saturated carbocycles. The first-order valence-electron chi connectivity index (χ1n) is 7.43. The van der Waals surface area contributed by atoms with Crippen molar-refractivity contribution in [3.63, 3.8) is 0 Å². The maximum absolute atomic E-state index is 6.25. The van der Waals surface area contributed by atoms with Crippen LogP contribution in [0.25, 0.3) is 0 Å². The normalized spacial score (nSPS) is 22.0. The molecule has 0 radical (unpaired) electrons. The van der Waals surface area contributed by atoms with E-state index < -0.39 is 0 Å². The summed E-state index contributed by atoms with van der Waals surface area (Å²) in [4.78, 5) is 1.30. The van der Waals surface area contributed by atoms with E-state index in [2.05, 4.69) is 67.0 Å². The van der Waals surface area contributed by atoms with Gasteiger partial charge in [0.05, 0.1) is 0 Å². The molecule has 3 heteroatoms. The predicted octanol–water partition coefficient (Wildman–Crippen LogP) is 4.20. The Labute approximate surface area is 131 Å². The van der Waals surface area contributed by atoms with Crippen molar-refractivity contribution in [2.75, 3.05) is 6.26 Å². The standard InChI is InChI=1S/C18H22N2S/c1-12(13-7-9-14(21-2)10-8-13)20-18-11-17(19)15-5-3-4-6-16(15)18/h3-10,12,17-18,20H,11,19H2,1-2H3. The van der Waals surface area contributed by atoms with E-state index >= 15 is 0 Å². The highest BCUT2D eigenvalue weighted by molar-refractivity contribution is 7.98. The summed E-state index contributed by atoms with van der Waals surface area (Å²) in [6.07, 6.45) is 3.08. The van der Waals surface area contributed by atoms with Crippen LogP contribution in [0.4, 0.5) is 0 Å². The van der Waals surface area contributed by atoms with Crippen LogP contribution in [0.1, 0.15) is 48.2 Å². The number of thioether (sulfide) groups is 1. The third-order valence-corrected chi connectivity index (χ3v) is 5.07. The molecule has 2 aromatic carbocycles. The van der Waals surface area contributed by atoms with Crippen molar-refractivity contribution in [3.8, 4) is 0 Å². The van der Waals surface area contributed by atoms with Crippen LogP contribution >= 0.6 is 11.8 Å². The van der Waals surface area contributed by atoms with Crippen LogP contribution in [-0.4, -0.2) is 6.26 Å². The van der Waals surface area contributed by atoms with Gasteiger partial charge in [-0.2, -0.15) is 0 Å². The van der Waals surface area contributed by atoms with Gasteiger partial charge >= 0.3 is 0 Å². The zero-order chi connectivity index (χ0) is 14.8. The Morgan fingerprint density at radius 2 is 1.76 bits per heavy atom. The molecule has 0 heterocycles. The van der Waals surface area contributed by atoms with Crippen LogP contribution in [0.5, 0.6) is 0 Å². The third-order valence-electron chi connectivity index (χ3n) is 4.33. The summed E-state index contributed by atoms with van der Waals surface area (Å²) in [6.45, 7) is 2.22. The Balaban J connectivity index is 1.74. The molecule has 21 heavy (non-hydrogen) atoms. The summed E-state index contributed by atoms with van der Waals surface area (Å²) in [5.41, 5.74) is 10.2. The highest BCUT2D eigenvalue weighted by Gasteiger charge is 2.28. The number of hydrogen-bond acceptors (Lipinski definition) is 3. The molecule has 0 aliphatic heterocycles. The molecule has 3 unspecified atom stereocenters. The summed E-state index contributed by atoms with van der Waals surface area (Å²) in [5.74, 6) is 0. The molecule has 0 aromatic heterocycles. The van der Waals surface area contributed by atoms with Gasteiger partial charge < -0.3 is 11.1 Å². The van der Waals surface area contributed by atoms with Gasteiger partial charge in [-0.05, 0) is 48.4 Å². The zero-order valence-corrected chi connectivity index (χ0v) is 13.4. The molecule has 3 atom stereocenters. The van der Waals surface area contributed by atoms with Gasteiger partial charge in [-0.1, -0.05) is 36.4 Å². The molecule has 110 valence electrons. The van der Waals surface area contributed by atoms with Crippen LogP contribution in [0.15, 0.2) is 53.4 Å². The van der Waals surface area contributed by atoms with E-state index in [1.165, 1.54) is 21.6 Å². The first-order chi connectivity index (χ1) is 10.2. The first kappa shape index (κ1) is 14.6. The second-order valence-electron chi connectivity index (χ2n) is 5.69. The topological polar surface area (TPSA) is 38.0 Å². The average molecular weight is 298 g/mol. The van der Waals surface area contributed by atoms with Crippen molar-refractivity contribution in [1.82, 2.24) is 5.32 Å². The van der Waals surface area contributed by atoms with E-state index in [1.54, 1.807) is 11.8 Å². The maximum atomic E-state index is 6.25. The molecule has 0 saturated heterocycles. The fourth-order valence-electron chi connectivity index (χ4n) is 3.12. The lowest BCUT2D eigenvalue weighted by atomic mass is 10.0. The number of hydrogen-bond donors (Lipinski definition) is 2. The molecular weight excluding hydrogens is 276 g/mol. The average Bonchev–Trinajstić information content (AvgIpc) is 2.84. The van der Waals surface area contributed by atoms with Crippen molar-refractivity contribution in [2.24, 2.45) is 5.73 Å². The Kier molecular flexibility index (Phi) is 4.34. The van der Waals surface area contributed by atoms with Crippen LogP contribution in [0.2, 0.25) is 0 Å². The monoisotopic (exact) mass is 298 g/mol. The van der Waals surface area contributed by atoms with Gasteiger partial charge in [0.1, 0.15) is 0 Å². The molecule has 2 nitrogen and oxygen atoms in total. The minimum atomic E-state index is 0.157. The van der Waals surface area contributed by atoms with Crippen LogP contribution in [-0.2, 0) is 0 Å². The van der Waals surface area contributed by atoms with Crippen molar-refractivity contribution in [3.05, 3.63) is 65.2 Å². The lowest BCUT2D eigenvalue weighted by Gasteiger charge is -2.21. The van der Waals surface area contributed by atoms with Gasteiger partial charge in [-0.3, -0.25) is 0 Å². The lowest BCUT2D eigenvalue weighted by molar-refractivity contribution is 0.445. The smallest absolute Gasteiger partial charge is 0.0347 e. The van der Waals surface area contributed by atoms with Gasteiger partial charge in [0.25, 0.3) is 0 Å². The Hall–Kier alpha value is -1.29. The van der Waals surface area contributed by atoms with E-state index in [0.29, 0.717) is 12.1 Å². The number of fused-ring (bicyclic) bond motifs is 1. The van der Waals surface area contributed by atoms with E-state index in [4.69, 9.17) is 5.73 Å². The quantitative estimate of drug-likeness (QED) is 0.831. The fraction of sp³-hybridized carbons (Fsp3) is 0.333. The summed E-state index contributed by atoms with van der Waals surface area (Å²) in [6, 6.07) is 18.2. The number of nitrogens with one attached hydrogen (secondary N) is 1. The van der Waals surface area contributed by atoms with Crippen molar-refractivity contribution in [2.45, 2.75) is 36.4 Å². The summed E-state index contributed by atoms with van der Waals surface area (Å²) in [5, 5.41) is 3.73. The molecular formula is C18H22N2S. The Bertz CT molecular complexity index is 609. The van der Waals surface area contributed by atoms with Crippen molar-refractivity contribution < 1.29 is 0 Å². The predicted molar refractivity (Wildman–Crippen MR) is 90.5 cm³/mol. The summed E-state index contributed by atoms with van der Waals surface area (Å²) in [7, 11) is 0. The molecule has 1 aliphatic rings. The SMILES string of the molecule is CSc1ccc(C(C)NC2CC(N)c3ccccc32)cc1. The minimum absolute atomic E-state index is 0.157. The van der Waals surface area contributed by atoms with Crippen LogP contribution < -0.4 is 11.1 Å². The molecule has 3 N–H and O–H groups in total. The second kappa shape index (κ2) is 6.22. The number of benzene rings is 2. The fourth-order valence-corrected chi connectivity index (χ4v) is 3.53. The highest BCUT2D eigenvalue weighted by atomic mass is 32.2. The highest BCUT2D eigenvalue weighted by Crippen LogP contribution is 2.38. The molecule has 2 aromatic rings. The third kappa shape index (κ3) is 3.00. The molecule has 0 bridgehead atoms. The summed E-state index contributed by atoms with van der Waals surface area (Å²) < 4.78 is 0. The second-order valence-corrected chi connectivity index (χ2v) is 6.56. The number of rotatable bonds is 4. The zero-order valence-electron chi connectivity index (χ0n) is 12.5. The largest absolute Gasteiger partial charge is 0.324 e. The van der Waals surface area contributed by atoms with Crippen LogP contribution in [0.3, 0.4) is 0 Å². The van der Waals surface area contributed by atoms with Gasteiger partial charge in [-0.25, -0.2) is 0 Å². The molecule has 3 rings (SSSR count).